The molecule has 1 unspecified atom stereocenters. The zero-order valence-corrected chi connectivity index (χ0v) is 8.01. The lowest BCUT2D eigenvalue weighted by Gasteiger charge is -2.00. The van der Waals surface area contributed by atoms with Gasteiger partial charge in [0, 0.05) is 11.8 Å². The second-order valence-corrected chi connectivity index (χ2v) is 3.42. The highest BCUT2D eigenvalue weighted by Gasteiger charge is 2.12. The quantitative estimate of drug-likeness (QED) is 0.330. The average Bonchev–Trinajstić information content (AvgIpc) is 2.47. The standard InChI is InChI=1S/C7H9N5OS/c8-4(14)2-1-10-5-3(2)6(13)12-7(9)11-5/h1,4,14H,8H2,(H4,9,10,11,12,13). The summed E-state index contributed by atoms with van der Waals surface area (Å²) in [7, 11) is 0. The topological polar surface area (TPSA) is 114 Å². The highest BCUT2D eigenvalue weighted by molar-refractivity contribution is 7.80. The maximum absolute atomic E-state index is 11.5. The predicted molar refractivity (Wildman–Crippen MR) is 57.0 cm³/mol. The molecule has 0 radical (unpaired) electrons. The number of hydrogen-bond acceptors (Lipinski definition) is 5. The Hall–Kier alpha value is -1.47. The zero-order valence-electron chi connectivity index (χ0n) is 7.11. The first-order valence-electron chi connectivity index (χ1n) is 3.90. The first-order chi connectivity index (χ1) is 6.59. The van der Waals surface area contributed by atoms with Crippen LogP contribution in [-0.4, -0.2) is 15.0 Å². The second kappa shape index (κ2) is 3.03. The molecule has 2 aromatic heterocycles. The summed E-state index contributed by atoms with van der Waals surface area (Å²) in [5, 5.41) is -0.114. The van der Waals surface area contributed by atoms with Crippen molar-refractivity contribution in [1.82, 2.24) is 15.0 Å². The van der Waals surface area contributed by atoms with Crippen LogP contribution in [0, 0.1) is 0 Å². The van der Waals surface area contributed by atoms with Crippen LogP contribution in [0.1, 0.15) is 10.9 Å². The number of anilines is 1. The minimum absolute atomic E-state index is 0.0728. The molecule has 0 aliphatic rings. The summed E-state index contributed by atoms with van der Waals surface area (Å²) in [6, 6.07) is 0. The van der Waals surface area contributed by atoms with E-state index in [9.17, 15) is 4.79 Å². The van der Waals surface area contributed by atoms with Crippen LogP contribution in [0.25, 0.3) is 11.0 Å². The van der Waals surface area contributed by atoms with Crippen molar-refractivity contribution in [2.45, 2.75) is 5.37 Å². The van der Waals surface area contributed by atoms with Crippen LogP contribution in [0.5, 0.6) is 0 Å². The molecule has 2 heterocycles. The number of hydrogen-bond donors (Lipinski definition) is 5. The monoisotopic (exact) mass is 211 g/mol. The molecule has 0 fully saturated rings. The summed E-state index contributed by atoms with van der Waals surface area (Å²) >= 11 is 4.05. The van der Waals surface area contributed by atoms with Gasteiger partial charge in [0.25, 0.3) is 5.56 Å². The maximum Gasteiger partial charge on any atom is 0.262 e. The summed E-state index contributed by atoms with van der Waals surface area (Å²) < 4.78 is 0. The van der Waals surface area contributed by atoms with Gasteiger partial charge in [-0.2, -0.15) is 17.6 Å². The van der Waals surface area contributed by atoms with Crippen molar-refractivity contribution < 1.29 is 0 Å². The lowest BCUT2D eigenvalue weighted by atomic mass is 10.2. The van der Waals surface area contributed by atoms with Crippen molar-refractivity contribution in [2.24, 2.45) is 5.73 Å². The number of nitrogens with zero attached hydrogens (tertiary/aromatic N) is 1. The van der Waals surface area contributed by atoms with Gasteiger partial charge in [-0.15, -0.1) is 0 Å². The van der Waals surface area contributed by atoms with Gasteiger partial charge in [0.15, 0.2) is 0 Å². The maximum atomic E-state index is 11.5. The molecule has 6 N–H and O–H groups in total. The second-order valence-electron chi connectivity index (χ2n) is 2.86. The molecule has 0 aromatic carbocycles. The van der Waals surface area contributed by atoms with Crippen LogP contribution in [-0.2, 0) is 0 Å². The molecule has 0 aliphatic carbocycles. The zero-order chi connectivity index (χ0) is 10.3. The number of aromatic nitrogens is 3. The van der Waals surface area contributed by atoms with Gasteiger partial charge in [-0.3, -0.25) is 9.78 Å². The third kappa shape index (κ3) is 1.26. The van der Waals surface area contributed by atoms with Gasteiger partial charge in [0.2, 0.25) is 5.95 Å². The third-order valence-corrected chi connectivity index (χ3v) is 2.19. The fourth-order valence-corrected chi connectivity index (χ4v) is 1.52. The first-order valence-corrected chi connectivity index (χ1v) is 4.41. The average molecular weight is 211 g/mol. The SMILES string of the molecule is Nc1nc2[nH]cc(C(N)S)c2c(=O)[nH]1. The molecule has 2 rings (SSSR count). The van der Waals surface area contributed by atoms with Crippen LogP contribution < -0.4 is 17.0 Å². The highest BCUT2D eigenvalue weighted by Crippen LogP contribution is 2.20. The third-order valence-electron chi connectivity index (χ3n) is 1.91. The van der Waals surface area contributed by atoms with Crippen LogP contribution in [0.4, 0.5) is 5.95 Å². The Balaban J connectivity index is 2.86. The van der Waals surface area contributed by atoms with E-state index in [1.54, 1.807) is 6.20 Å². The molecule has 6 nitrogen and oxygen atoms in total. The number of aromatic amines is 2. The van der Waals surface area contributed by atoms with Gasteiger partial charge < -0.3 is 16.5 Å². The van der Waals surface area contributed by atoms with E-state index in [0.717, 1.165) is 0 Å². The molecule has 0 saturated heterocycles. The van der Waals surface area contributed by atoms with Gasteiger partial charge in [0.1, 0.15) is 5.65 Å². The summed E-state index contributed by atoms with van der Waals surface area (Å²) in [6.45, 7) is 0. The fraction of sp³-hybridized carbons (Fsp3) is 0.143. The van der Waals surface area contributed by atoms with Gasteiger partial charge in [-0.1, -0.05) is 0 Å². The number of H-pyrrole nitrogens is 2. The van der Waals surface area contributed by atoms with Gasteiger partial charge in [0.05, 0.1) is 10.8 Å². The molecule has 0 aliphatic heterocycles. The van der Waals surface area contributed by atoms with E-state index in [-0.39, 0.29) is 11.5 Å². The van der Waals surface area contributed by atoms with Crippen LogP contribution >= 0.6 is 12.6 Å². The number of nitrogens with two attached hydrogens (primary N) is 2. The van der Waals surface area contributed by atoms with E-state index in [1.807, 2.05) is 0 Å². The highest BCUT2D eigenvalue weighted by atomic mass is 32.1. The summed E-state index contributed by atoms with van der Waals surface area (Å²) in [4.78, 5) is 20.6. The Kier molecular flexibility index (Phi) is 1.97. The molecular weight excluding hydrogens is 202 g/mol. The first kappa shape index (κ1) is 9.10. The summed E-state index contributed by atoms with van der Waals surface area (Å²) in [5.41, 5.74) is 11.7. The number of thiol groups is 1. The summed E-state index contributed by atoms with van der Waals surface area (Å²) in [5.74, 6) is 0.0728. The Bertz CT molecular complexity index is 528. The minimum atomic E-state index is -0.518. The lowest BCUT2D eigenvalue weighted by molar-refractivity contribution is 1.05. The van der Waals surface area contributed by atoms with Crippen LogP contribution in [0.3, 0.4) is 0 Å². The molecule has 0 spiro atoms. The van der Waals surface area contributed by atoms with Crippen molar-refractivity contribution in [1.29, 1.82) is 0 Å². The van der Waals surface area contributed by atoms with Gasteiger partial charge >= 0.3 is 0 Å². The van der Waals surface area contributed by atoms with Crippen molar-refractivity contribution in [2.75, 3.05) is 5.73 Å². The normalized spacial score (nSPS) is 13.3. The van der Waals surface area contributed by atoms with Crippen LogP contribution in [0.2, 0.25) is 0 Å². The number of nitrogens with one attached hydrogen (secondary N) is 2. The van der Waals surface area contributed by atoms with Crippen molar-refractivity contribution in [3.05, 3.63) is 22.1 Å². The van der Waals surface area contributed by atoms with E-state index in [2.05, 4.69) is 27.6 Å². The van der Waals surface area contributed by atoms with Gasteiger partial charge in [-0.25, -0.2) is 0 Å². The Morgan fingerprint density at radius 2 is 2.29 bits per heavy atom. The Morgan fingerprint density at radius 1 is 1.57 bits per heavy atom. The van der Waals surface area contributed by atoms with E-state index < -0.39 is 5.37 Å². The lowest BCUT2D eigenvalue weighted by Crippen LogP contribution is -2.13. The number of nitrogen functional groups attached to an aromatic ring is 1. The molecule has 0 saturated carbocycles. The molecule has 2 aromatic rings. The molecule has 0 amide bonds. The molecular formula is C7H9N5OS. The fourth-order valence-electron chi connectivity index (χ4n) is 1.31. The Labute approximate surface area is 84.1 Å². The molecule has 14 heavy (non-hydrogen) atoms. The van der Waals surface area contributed by atoms with Crippen molar-refractivity contribution in [3.63, 3.8) is 0 Å². The Morgan fingerprint density at radius 3 is 2.93 bits per heavy atom. The molecule has 7 heteroatoms. The number of fused-ring (bicyclic) bond motifs is 1. The minimum Gasteiger partial charge on any atom is -0.369 e. The van der Waals surface area contributed by atoms with E-state index in [0.29, 0.717) is 16.6 Å². The van der Waals surface area contributed by atoms with E-state index in [1.165, 1.54) is 0 Å². The summed E-state index contributed by atoms with van der Waals surface area (Å²) in [6.07, 6.45) is 1.60. The van der Waals surface area contributed by atoms with E-state index in [4.69, 9.17) is 11.5 Å². The smallest absolute Gasteiger partial charge is 0.262 e. The largest absolute Gasteiger partial charge is 0.369 e. The predicted octanol–water partition coefficient (Wildman–Crippen LogP) is -0.280. The van der Waals surface area contributed by atoms with Crippen LogP contribution in [0.15, 0.2) is 11.0 Å². The van der Waals surface area contributed by atoms with E-state index >= 15 is 0 Å². The molecule has 1 atom stereocenters. The van der Waals surface area contributed by atoms with Gasteiger partial charge in [-0.05, 0) is 0 Å². The molecule has 0 bridgehead atoms. The van der Waals surface area contributed by atoms with Crippen molar-refractivity contribution in [3.8, 4) is 0 Å². The van der Waals surface area contributed by atoms with Crippen molar-refractivity contribution >= 4 is 29.6 Å². The molecule has 74 valence electrons. The number of rotatable bonds is 1.